The fourth-order valence-corrected chi connectivity index (χ4v) is 5.23. The summed E-state index contributed by atoms with van der Waals surface area (Å²) >= 11 is 0. The van der Waals surface area contributed by atoms with Crippen LogP contribution in [0.4, 0.5) is 10.1 Å². The van der Waals surface area contributed by atoms with Crippen molar-refractivity contribution in [3.63, 3.8) is 0 Å². The van der Waals surface area contributed by atoms with Crippen molar-refractivity contribution in [3.05, 3.63) is 65.1 Å². The minimum atomic E-state index is -1.60. The SMILES string of the molecule is CC(C)(O)C(F)CN1Cc2cc(NC(=O)c3cnn4cccnc34)c(C3=CCN(C4COC4)CC3)cc2C1=O. The largest absolute Gasteiger partial charge is 0.387 e. The Bertz CT molecular complexity index is 1470. The number of halogens is 1. The van der Waals surface area contributed by atoms with Crippen LogP contribution in [0.25, 0.3) is 11.2 Å². The molecule has 3 aliphatic rings. The Labute approximate surface area is 225 Å². The molecule has 2 amide bonds. The van der Waals surface area contributed by atoms with Gasteiger partial charge in [0.2, 0.25) is 0 Å². The van der Waals surface area contributed by atoms with Gasteiger partial charge in [0.05, 0.1) is 37.6 Å². The molecule has 1 unspecified atom stereocenters. The molecule has 3 aliphatic heterocycles. The van der Waals surface area contributed by atoms with Gasteiger partial charge in [-0.25, -0.2) is 13.9 Å². The maximum atomic E-state index is 14.7. The number of rotatable bonds is 7. The van der Waals surface area contributed by atoms with Crippen LogP contribution in [0.5, 0.6) is 0 Å². The van der Waals surface area contributed by atoms with Crippen molar-refractivity contribution in [3.8, 4) is 0 Å². The molecule has 11 heteroatoms. The van der Waals surface area contributed by atoms with Crippen LogP contribution in [0.15, 0.2) is 42.9 Å². The third-order valence-electron chi connectivity index (χ3n) is 7.76. The first-order valence-electron chi connectivity index (χ1n) is 13.1. The molecule has 1 atom stereocenters. The van der Waals surface area contributed by atoms with Crippen molar-refractivity contribution >= 4 is 28.7 Å². The molecule has 0 bridgehead atoms. The number of hydrogen-bond donors (Lipinski definition) is 2. The first-order valence-corrected chi connectivity index (χ1v) is 13.1. The lowest BCUT2D eigenvalue weighted by molar-refractivity contribution is -0.0612. The first-order chi connectivity index (χ1) is 18.7. The Morgan fingerprint density at radius 1 is 1.31 bits per heavy atom. The van der Waals surface area contributed by atoms with E-state index < -0.39 is 11.8 Å². The molecule has 39 heavy (non-hydrogen) atoms. The number of carbonyl (C=O) groups excluding carboxylic acids is 2. The van der Waals surface area contributed by atoms with Gasteiger partial charge in [-0.05, 0) is 49.6 Å². The van der Waals surface area contributed by atoms with Gasteiger partial charge in [0.15, 0.2) is 5.65 Å². The number of nitrogens with one attached hydrogen (secondary N) is 1. The van der Waals surface area contributed by atoms with Crippen molar-refractivity contribution in [2.45, 2.75) is 44.6 Å². The fraction of sp³-hybridized carbons (Fsp3) is 0.429. The van der Waals surface area contributed by atoms with Gasteiger partial charge in [-0.2, -0.15) is 5.10 Å². The Kier molecular flexibility index (Phi) is 6.44. The number of carbonyl (C=O) groups is 2. The number of aromatic nitrogens is 3. The van der Waals surface area contributed by atoms with Crippen LogP contribution in [0.2, 0.25) is 0 Å². The van der Waals surface area contributed by atoms with Gasteiger partial charge in [0.25, 0.3) is 11.8 Å². The second-order valence-corrected chi connectivity index (χ2v) is 10.9. The van der Waals surface area contributed by atoms with Crippen LogP contribution < -0.4 is 5.32 Å². The predicted molar refractivity (Wildman–Crippen MR) is 142 cm³/mol. The number of amides is 2. The Hall–Kier alpha value is -3.67. The Morgan fingerprint density at radius 2 is 2.13 bits per heavy atom. The highest BCUT2D eigenvalue weighted by molar-refractivity contribution is 6.10. The van der Waals surface area contributed by atoms with Crippen LogP contribution >= 0.6 is 0 Å². The quantitative estimate of drug-likeness (QED) is 0.479. The summed E-state index contributed by atoms with van der Waals surface area (Å²) in [7, 11) is 0. The van der Waals surface area contributed by atoms with E-state index >= 15 is 0 Å². The number of anilines is 1. The third-order valence-corrected chi connectivity index (χ3v) is 7.76. The monoisotopic (exact) mass is 534 g/mol. The fourth-order valence-electron chi connectivity index (χ4n) is 5.23. The van der Waals surface area contributed by atoms with Crippen molar-refractivity contribution in [1.82, 2.24) is 24.4 Å². The zero-order valence-corrected chi connectivity index (χ0v) is 21.9. The summed E-state index contributed by atoms with van der Waals surface area (Å²) in [5.41, 5.74) is 2.78. The van der Waals surface area contributed by atoms with Gasteiger partial charge in [0.1, 0.15) is 11.7 Å². The zero-order chi connectivity index (χ0) is 27.3. The van der Waals surface area contributed by atoms with Crippen LogP contribution in [-0.2, 0) is 11.3 Å². The second kappa shape index (κ2) is 9.82. The van der Waals surface area contributed by atoms with E-state index in [4.69, 9.17) is 4.74 Å². The predicted octanol–water partition coefficient (Wildman–Crippen LogP) is 2.53. The normalized spacial score (nSPS) is 19.1. The van der Waals surface area contributed by atoms with E-state index in [2.05, 4.69) is 26.4 Å². The van der Waals surface area contributed by atoms with E-state index in [0.29, 0.717) is 34.1 Å². The topological polar surface area (TPSA) is 112 Å². The summed E-state index contributed by atoms with van der Waals surface area (Å²) in [6, 6.07) is 5.78. The van der Waals surface area contributed by atoms with Crippen LogP contribution in [0.1, 0.15) is 52.1 Å². The van der Waals surface area contributed by atoms with Crippen molar-refractivity contribution in [2.24, 2.45) is 0 Å². The van der Waals surface area contributed by atoms with E-state index in [1.807, 2.05) is 12.1 Å². The average Bonchev–Trinajstić information content (AvgIpc) is 3.43. The van der Waals surface area contributed by atoms with Gasteiger partial charge >= 0.3 is 0 Å². The summed E-state index contributed by atoms with van der Waals surface area (Å²) in [5.74, 6) is -0.644. The van der Waals surface area contributed by atoms with E-state index in [9.17, 15) is 19.1 Å². The molecule has 1 saturated heterocycles. The number of alkyl halides is 1. The van der Waals surface area contributed by atoms with Crippen LogP contribution in [0.3, 0.4) is 0 Å². The highest BCUT2D eigenvalue weighted by atomic mass is 19.1. The summed E-state index contributed by atoms with van der Waals surface area (Å²) < 4.78 is 21.5. The Balaban J connectivity index is 1.33. The van der Waals surface area contributed by atoms with Crippen LogP contribution in [0, 0.1) is 0 Å². The van der Waals surface area contributed by atoms with Crippen molar-refractivity contribution < 1.29 is 23.8 Å². The molecule has 5 heterocycles. The molecule has 1 fully saturated rings. The van der Waals surface area contributed by atoms with E-state index in [-0.39, 0.29) is 24.9 Å². The van der Waals surface area contributed by atoms with E-state index in [1.165, 1.54) is 29.5 Å². The number of aliphatic hydroxyl groups is 1. The van der Waals surface area contributed by atoms with Crippen molar-refractivity contribution in [1.29, 1.82) is 0 Å². The average molecular weight is 535 g/mol. The molecule has 2 aromatic heterocycles. The highest BCUT2D eigenvalue weighted by Gasteiger charge is 2.36. The minimum Gasteiger partial charge on any atom is -0.387 e. The minimum absolute atomic E-state index is 0.195. The van der Waals surface area contributed by atoms with Gasteiger partial charge in [0, 0.05) is 48.8 Å². The maximum absolute atomic E-state index is 14.7. The molecule has 3 aromatic rings. The summed E-state index contributed by atoms with van der Waals surface area (Å²) in [6.07, 6.45) is 6.09. The molecule has 10 nitrogen and oxygen atoms in total. The van der Waals surface area contributed by atoms with Gasteiger partial charge in [-0.15, -0.1) is 0 Å². The number of fused-ring (bicyclic) bond motifs is 2. The van der Waals surface area contributed by atoms with Crippen LogP contribution in [-0.4, -0.2) is 92.0 Å². The molecule has 0 spiro atoms. The highest BCUT2D eigenvalue weighted by Crippen LogP contribution is 2.36. The summed E-state index contributed by atoms with van der Waals surface area (Å²) in [6.45, 7) is 5.83. The molecule has 204 valence electrons. The lowest BCUT2D eigenvalue weighted by atomic mass is 9.93. The molecule has 0 saturated carbocycles. The number of ether oxygens (including phenoxy) is 1. The number of hydrogen-bond acceptors (Lipinski definition) is 7. The van der Waals surface area contributed by atoms with E-state index in [1.54, 1.807) is 18.5 Å². The smallest absolute Gasteiger partial charge is 0.261 e. The van der Waals surface area contributed by atoms with E-state index in [0.717, 1.165) is 43.9 Å². The summed E-state index contributed by atoms with van der Waals surface area (Å²) in [5, 5.41) is 17.3. The molecule has 1 aromatic carbocycles. The standard InChI is InChI=1S/C28H31FN6O4/c1-28(2,38)24(29)14-34-13-18-10-23(32-26(36)22-12-31-35-7-3-6-30-25(22)35)20(11-21(18)27(34)37)17-4-8-33(9-5-17)19-15-39-16-19/h3-4,6-7,10-12,19,24,38H,5,8-9,13-16H2,1-2H3,(H,32,36). The molecule has 2 N–H and O–H groups in total. The Morgan fingerprint density at radius 3 is 2.82 bits per heavy atom. The van der Waals surface area contributed by atoms with Gasteiger partial charge < -0.3 is 20.1 Å². The molecular formula is C28H31FN6O4. The maximum Gasteiger partial charge on any atom is 0.261 e. The summed E-state index contributed by atoms with van der Waals surface area (Å²) in [4.78, 5) is 34.7. The molecule has 0 aliphatic carbocycles. The molecule has 0 radical (unpaired) electrons. The third kappa shape index (κ3) is 4.81. The molecular weight excluding hydrogens is 503 g/mol. The second-order valence-electron chi connectivity index (χ2n) is 10.9. The zero-order valence-electron chi connectivity index (χ0n) is 21.9. The first kappa shape index (κ1) is 25.6. The van der Waals surface area contributed by atoms with Gasteiger partial charge in [-0.3, -0.25) is 14.5 Å². The van der Waals surface area contributed by atoms with Gasteiger partial charge in [-0.1, -0.05) is 6.08 Å². The number of nitrogens with zero attached hydrogens (tertiary/aromatic N) is 5. The van der Waals surface area contributed by atoms with Crippen molar-refractivity contribution in [2.75, 3.05) is 38.2 Å². The number of benzene rings is 1. The molecule has 6 rings (SSSR count). The lowest BCUT2D eigenvalue weighted by Gasteiger charge is -2.39. The lowest BCUT2D eigenvalue weighted by Crippen LogP contribution is -2.50.